The van der Waals surface area contributed by atoms with Crippen LogP contribution in [0.2, 0.25) is 0 Å². The molecule has 5 heteroatoms. The van der Waals surface area contributed by atoms with Crippen LogP contribution in [0.25, 0.3) is 0 Å². The molecule has 1 N–H and O–H groups in total. The minimum Gasteiger partial charge on any atom is -0.318 e. The minimum absolute atomic E-state index is 0.451. The number of hydrazone groups is 1. The van der Waals surface area contributed by atoms with Gasteiger partial charge < -0.3 is 4.84 Å². The number of oxime groups is 1. The summed E-state index contributed by atoms with van der Waals surface area (Å²) < 4.78 is 0. The molecule has 17 heavy (non-hydrogen) atoms. The molecule has 0 bridgehead atoms. The Morgan fingerprint density at radius 1 is 1.12 bits per heavy atom. The average molecular weight is 233 g/mol. The topological polar surface area (TPSA) is 63.0 Å². The number of benzene rings is 1. The van der Waals surface area contributed by atoms with Gasteiger partial charge in [-0.3, -0.25) is 5.43 Å². The number of carbonyl (C=O) groups excluding carboxylic acids is 1. The molecule has 0 aromatic heterocycles. The van der Waals surface area contributed by atoms with E-state index in [2.05, 4.69) is 20.5 Å². The summed E-state index contributed by atoms with van der Waals surface area (Å²) in [6, 6.07) is 9.54. The van der Waals surface area contributed by atoms with Crippen molar-refractivity contribution < 1.29 is 9.63 Å². The van der Waals surface area contributed by atoms with Gasteiger partial charge in [-0.1, -0.05) is 23.4 Å². The third-order valence-electron chi connectivity index (χ3n) is 1.96. The Kier molecular flexibility index (Phi) is 4.87. The molecule has 0 radical (unpaired) electrons. The van der Waals surface area contributed by atoms with Crippen molar-refractivity contribution in [2.24, 2.45) is 10.3 Å². The van der Waals surface area contributed by atoms with Crippen LogP contribution in [-0.2, 0) is 9.63 Å². The molecule has 0 aliphatic heterocycles. The van der Waals surface area contributed by atoms with Crippen molar-refractivity contribution >= 4 is 23.1 Å². The highest BCUT2D eigenvalue weighted by Gasteiger charge is 1.99. The molecule has 1 rings (SSSR count). The van der Waals surface area contributed by atoms with Gasteiger partial charge >= 0.3 is 5.97 Å². The average Bonchev–Trinajstić information content (AvgIpc) is 2.34. The maximum Gasteiger partial charge on any atom is 0.331 e. The maximum atomic E-state index is 10.6. The molecule has 0 heterocycles. The number of nitrogens with zero attached hydrogens (tertiary/aromatic N) is 2. The van der Waals surface area contributed by atoms with Crippen molar-refractivity contribution in [1.82, 2.24) is 0 Å². The lowest BCUT2D eigenvalue weighted by molar-refractivity contribution is -0.140. The van der Waals surface area contributed by atoms with Crippen LogP contribution in [0.1, 0.15) is 20.8 Å². The molecular weight excluding hydrogens is 218 g/mol. The van der Waals surface area contributed by atoms with Crippen molar-refractivity contribution in [3.05, 3.63) is 30.3 Å². The van der Waals surface area contributed by atoms with Gasteiger partial charge in [-0.05, 0) is 26.0 Å². The fourth-order valence-corrected chi connectivity index (χ4v) is 0.941. The third kappa shape index (κ3) is 4.92. The molecule has 0 saturated heterocycles. The maximum absolute atomic E-state index is 10.6. The van der Waals surface area contributed by atoms with Gasteiger partial charge in [-0.2, -0.15) is 5.10 Å². The Labute approximate surface area is 100 Å². The van der Waals surface area contributed by atoms with E-state index in [1.54, 1.807) is 13.8 Å². The Bertz CT molecular complexity index is 438. The van der Waals surface area contributed by atoms with Crippen LogP contribution < -0.4 is 5.43 Å². The van der Waals surface area contributed by atoms with Crippen LogP contribution in [0, 0.1) is 0 Å². The Morgan fingerprint density at radius 3 is 2.35 bits per heavy atom. The smallest absolute Gasteiger partial charge is 0.318 e. The van der Waals surface area contributed by atoms with Crippen molar-refractivity contribution in [2.75, 3.05) is 5.43 Å². The number of anilines is 1. The quantitative estimate of drug-likeness (QED) is 0.493. The van der Waals surface area contributed by atoms with Crippen LogP contribution in [0.5, 0.6) is 0 Å². The van der Waals surface area contributed by atoms with Crippen molar-refractivity contribution in [3.63, 3.8) is 0 Å². The first-order valence-corrected chi connectivity index (χ1v) is 5.17. The van der Waals surface area contributed by atoms with E-state index in [4.69, 9.17) is 0 Å². The van der Waals surface area contributed by atoms with E-state index in [1.807, 2.05) is 30.3 Å². The van der Waals surface area contributed by atoms with Crippen LogP contribution in [0.3, 0.4) is 0 Å². The van der Waals surface area contributed by atoms with E-state index >= 15 is 0 Å². The molecule has 0 spiro atoms. The van der Waals surface area contributed by atoms with Gasteiger partial charge in [0.1, 0.15) is 5.71 Å². The van der Waals surface area contributed by atoms with Gasteiger partial charge in [0.05, 0.1) is 11.4 Å². The zero-order valence-electron chi connectivity index (χ0n) is 10.1. The summed E-state index contributed by atoms with van der Waals surface area (Å²) in [6.07, 6.45) is 0. The first-order chi connectivity index (χ1) is 8.09. The lowest BCUT2D eigenvalue weighted by atomic mass is 10.3. The van der Waals surface area contributed by atoms with Gasteiger partial charge in [-0.15, -0.1) is 0 Å². The Morgan fingerprint density at radius 2 is 1.76 bits per heavy atom. The number of rotatable bonds is 4. The molecule has 5 nitrogen and oxygen atoms in total. The van der Waals surface area contributed by atoms with Crippen molar-refractivity contribution in [3.8, 4) is 0 Å². The lowest BCUT2D eigenvalue weighted by Gasteiger charge is -2.02. The summed E-state index contributed by atoms with van der Waals surface area (Å²) in [5.41, 5.74) is 4.95. The highest BCUT2D eigenvalue weighted by molar-refractivity contribution is 6.40. The summed E-state index contributed by atoms with van der Waals surface area (Å²) in [4.78, 5) is 15.1. The van der Waals surface area contributed by atoms with E-state index in [0.717, 1.165) is 5.69 Å². The Balaban J connectivity index is 2.60. The molecule has 1 aromatic carbocycles. The fourth-order valence-electron chi connectivity index (χ4n) is 0.941. The van der Waals surface area contributed by atoms with E-state index in [1.165, 1.54) is 6.92 Å². The van der Waals surface area contributed by atoms with Crippen LogP contribution >= 0.6 is 0 Å². The molecule has 0 unspecified atom stereocenters. The number of hydrogen-bond donors (Lipinski definition) is 1. The molecule has 0 saturated carbocycles. The normalized spacial score (nSPS) is 12.2. The fraction of sp³-hybridized carbons (Fsp3) is 0.250. The molecule has 0 aliphatic carbocycles. The second-order valence-corrected chi connectivity index (χ2v) is 3.43. The van der Waals surface area contributed by atoms with Gasteiger partial charge in [0.25, 0.3) is 0 Å². The van der Waals surface area contributed by atoms with Gasteiger partial charge in [0.15, 0.2) is 0 Å². The van der Waals surface area contributed by atoms with Crippen LogP contribution in [0.4, 0.5) is 5.69 Å². The molecular formula is C12H15N3O2. The molecule has 90 valence electrons. The summed E-state index contributed by atoms with van der Waals surface area (Å²) >= 11 is 0. The largest absolute Gasteiger partial charge is 0.331 e. The predicted octanol–water partition coefficient (Wildman–Crippen LogP) is 2.41. The van der Waals surface area contributed by atoms with Crippen LogP contribution in [-0.4, -0.2) is 17.4 Å². The summed E-state index contributed by atoms with van der Waals surface area (Å²) in [5, 5.41) is 7.75. The van der Waals surface area contributed by atoms with E-state index < -0.39 is 5.97 Å². The molecule has 0 atom stereocenters. The zero-order valence-corrected chi connectivity index (χ0v) is 10.1. The first kappa shape index (κ1) is 12.9. The highest BCUT2D eigenvalue weighted by atomic mass is 16.7. The van der Waals surface area contributed by atoms with Gasteiger partial charge in [-0.25, -0.2) is 4.79 Å². The second-order valence-electron chi connectivity index (χ2n) is 3.43. The van der Waals surface area contributed by atoms with Crippen molar-refractivity contribution in [2.45, 2.75) is 20.8 Å². The number of para-hydroxylation sites is 1. The van der Waals surface area contributed by atoms with Gasteiger partial charge in [0, 0.05) is 6.92 Å². The standard InChI is InChI=1S/C12H15N3O2/c1-9(10(2)15-17-11(3)16)13-14-12-7-5-4-6-8-12/h4-8,14H,1-3H3/b13-9?,15-10+. The molecule has 0 aliphatic rings. The second kappa shape index (κ2) is 6.42. The van der Waals surface area contributed by atoms with E-state index in [9.17, 15) is 4.79 Å². The summed E-state index contributed by atoms with van der Waals surface area (Å²) in [7, 11) is 0. The predicted molar refractivity (Wildman–Crippen MR) is 68.0 cm³/mol. The van der Waals surface area contributed by atoms with E-state index in [-0.39, 0.29) is 0 Å². The molecule has 0 amide bonds. The van der Waals surface area contributed by atoms with Crippen molar-refractivity contribution in [1.29, 1.82) is 0 Å². The van der Waals surface area contributed by atoms with Crippen LogP contribution in [0.15, 0.2) is 40.6 Å². The summed E-state index contributed by atoms with van der Waals surface area (Å²) in [5.74, 6) is -0.451. The molecule has 0 fully saturated rings. The monoisotopic (exact) mass is 233 g/mol. The minimum atomic E-state index is -0.451. The zero-order chi connectivity index (χ0) is 12.7. The first-order valence-electron chi connectivity index (χ1n) is 5.17. The lowest BCUT2D eigenvalue weighted by Crippen LogP contribution is -2.09. The SMILES string of the molecule is CC(=O)O/N=C(\C)C(C)=NNc1ccccc1. The number of nitrogens with one attached hydrogen (secondary N) is 1. The highest BCUT2D eigenvalue weighted by Crippen LogP contribution is 2.04. The number of hydrogen-bond acceptors (Lipinski definition) is 5. The number of carbonyl (C=O) groups is 1. The van der Waals surface area contributed by atoms with Gasteiger partial charge in [0.2, 0.25) is 0 Å². The summed E-state index contributed by atoms with van der Waals surface area (Å²) in [6.45, 7) is 4.79. The third-order valence-corrected chi connectivity index (χ3v) is 1.96. The Hall–Kier alpha value is -2.17. The molecule has 1 aromatic rings. The van der Waals surface area contributed by atoms with E-state index in [0.29, 0.717) is 11.4 Å².